The van der Waals surface area contributed by atoms with Crippen molar-refractivity contribution in [1.82, 2.24) is 14.9 Å². The lowest BCUT2D eigenvalue weighted by Crippen LogP contribution is -2.27. The van der Waals surface area contributed by atoms with E-state index in [1.807, 2.05) is 49.4 Å². The third-order valence-electron chi connectivity index (χ3n) is 5.13. The van der Waals surface area contributed by atoms with E-state index in [9.17, 15) is 9.59 Å². The van der Waals surface area contributed by atoms with Gasteiger partial charge in [0.05, 0.1) is 16.9 Å². The van der Waals surface area contributed by atoms with Gasteiger partial charge in [0.15, 0.2) is 0 Å². The van der Waals surface area contributed by atoms with Crippen molar-refractivity contribution in [3.05, 3.63) is 101 Å². The Bertz CT molecular complexity index is 1280. The summed E-state index contributed by atoms with van der Waals surface area (Å²) < 4.78 is 1.68. The van der Waals surface area contributed by atoms with Crippen molar-refractivity contribution in [2.45, 2.75) is 19.5 Å². The molecule has 0 fully saturated rings. The molecule has 5 heteroatoms. The minimum atomic E-state index is -0.296. The Morgan fingerprint density at radius 3 is 2.66 bits per heavy atom. The molecule has 2 aromatic heterocycles. The maximum atomic E-state index is 12.9. The standard InChI is InChI=1S/C24H21N3O2/c1-3-21(16-8-6-5-7-9-16)26-23(28)17-10-11-19-18-12-13-25-15-20(18)24(29)27(4-2)22(19)14-17/h3,5-15,21H,1,4H2,2H3,(H,26,28). The average molecular weight is 383 g/mol. The highest BCUT2D eigenvalue weighted by Gasteiger charge is 2.16. The number of pyridine rings is 2. The summed E-state index contributed by atoms with van der Waals surface area (Å²) in [5.74, 6) is -0.217. The summed E-state index contributed by atoms with van der Waals surface area (Å²) in [6.45, 7) is 6.26. The van der Waals surface area contributed by atoms with Crippen molar-refractivity contribution in [2.24, 2.45) is 0 Å². The van der Waals surface area contributed by atoms with Crippen LogP contribution in [0.1, 0.15) is 28.9 Å². The van der Waals surface area contributed by atoms with Crippen molar-refractivity contribution >= 4 is 27.6 Å². The molecule has 1 unspecified atom stereocenters. The number of nitrogens with one attached hydrogen (secondary N) is 1. The second-order valence-corrected chi connectivity index (χ2v) is 6.80. The third kappa shape index (κ3) is 3.31. The Morgan fingerprint density at radius 2 is 1.93 bits per heavy atom. The quantitative estimate of drug-likeness (QED) is 0.414. The molecule has 0 aliphatic carbocycles. The van der Waals surface area contributed by atoms with Gasteiger partial charge in [-0.1, -0.05) is 42.5 Å². The van der Waals surface area contributed by atoms with Crippen LogP contribution in [0.15, 0.2) is 84.4 Å². The number of fused-ring (bicyclic) bond motifs is 3. The molecule has 0 bridgehead atoms. The van der Waals surface area contributed by atoms with Gasteiger partial charge in [0.25, 0.3) is 11.5 Å². The molecule has 1 N–H and O–H groups in total. The van der Waals surface area contributed by atoms with Crippen molar-refractivity contribution in [3.63, 3.8) is 0 Å². The summed E-state index contributed by atoms with van der Waals surface area (Å²) in [6, 6.07) is 16.7. The minimum absolute atomic E-state index is 0.103. The zero-order valence-electron chi connectivity index (χ0n) is 16.1. The number of aromatic nitrogens is 2. The zero-order chi connectivity index (χ0) is 20.4. The van der Waals surface area contributed by atoms with Gasteiger partial charge in [-0.2, -0.15) is 0 Å². The number of nitrogens with zero attached hydrogens (tertiary/aromatic N) is 2. The highest BCUT2D eigenvalue weighted by molar-refractivity contribution is 6.07. The largest absolute Gasteiger partial charge is 0.342 e. The van der Waals surface area contributed by atoms with Crippen molar-refractivity contribution < 1.29 is 4.79 Å². The fourth-order valence-corrected chi connectivity index (χ4v) is 3.66. The maximum absolute atomic E-state index is 12.9. The molecule has 1 amide bonds. The van der Waals surface area contributed by atoms with Crippen LogP contribution in [0.5, 0.6) is 0 Å². The van der Waals surface area contributed by atoms with E-state index in [4.69, 9.17) is 0 Å². The summed E-state index contributed by atoms with van der Waals surface area (Å²) in [6.07, 6.45) is 4.97. The lowest BCUT2D eigenvalue weighted by atomic mass is 10.0. The fraction of sp³-hybridized carbons (Fsp3) is 0.125. The Kier molecular flexibility index (Phi) is 4.96. The summed E-state index contributed by atoms with van der Waals surface area (Å²) in [7, 11) is 0. The van der Waals surface area contributed by atoms with Gasteiger partial charge in [0, 0.05) is 29.9 Å². The van der Waals surface area contributed by atoms with Gasteiger partial charge >= 0.3 is 0 Å². The summed E-state index contributed by atoms with van der Waals surface area (Å²) in [5, 5.41) is 5.34. The average Bonchev–Trinajstić information content (AvgIpc) is 2.78. The van der Waals surface area contributed by atoms with Crippen molar-refractivity contribution in [1.29, 1.82) is 0 Å². The van der Waals surface area contributed by atoms with E-state index < -0.39 is 0 Å². The molecular formula is C24H21N3O2. The van der Waals surface area contributed by atoms with Crippen LogP contribution in [0.2, 0.25) is 0 Å². The molecule has 1 atom stereocenters. The normalized spacial score (nSPS) is 12.0. The third-order valence-corrected chi connectivity index (χ3v) is 5.13. The van der Waals surface area contributed by atoms with E-state index in [1.165, 1.54) is 0 Å². The molecule has 5 nitrogen and oxygen atoms in total. The van der Waals surface area contributed by atoms with Gasteiger partial charge in [-0.3, -0.25) is 14.6 Å². The Labute approximate surface area is 168 Å². The van der Waals surface area contributed by atoms with Crippen LogP contribution in [-0.2, 0) is 6.54 Å². The highest BCUT2D eigenvalue weighted by Crippen LogP contribution is 2.24. The van der Waals surface area contributed by atoms with Gasteiger partial charge in [0.1, 0.15) is 0 Å². The first-order valence-electron chi connectivity index (χ1n) is 9.52. The predicted octanol–water partition coefficient (Wildman–Crippen LogP) is 4.23. The Hall–Kier alpha value is -3.73. The van der Waals surface area contributed by atoms with Crippen LogP contribution in [0.25, 0.3) is 21.7 Å². The smallest absolute Gasteiger partial charge is 0.260 e. The van der Waals surface area contributed by atoms with E-state index in [-0.39, 0.29) is 17.5 Å². The molecule has 0 aliphatic heterocycles. The lowest BCUT2D eigenvalue weighted by Gasteiger charge is -2.16. The molecule has 0 saturated heterocycles. The molecule has 144 valence electrons. The van der Waals surface area contributed by atoms with Gasteiger partial charge in [-0.05, 0) is 36.1 Å². The number of amides is 1. The lowest BCUT2D eigenvalue weighted by molar-refractivity contribution is 0.0944. The van der Waals surface area contributed by atoms with Gasteiger partial charge < -0.3 is 9.88 Å². The molecule has 0 spiro atoms. The Morgan fingerprint density at radius 1 is 1.14 bits per heavy atom. The molecular weight excluding hydrogens is 362 g/mol. The Balaban J connectivity index is 1.79. The number of aryl methyl sites for hydroxylation is 1. The van der Waals surface area contributed by atoms with Crippen LogP contribution in [-0.4, -0.2) is 15.5 Å². The summed E-state index contributed by atoms with van der Waals surface area (Å²) >= 11 is 0. The van der Waals surface area contributed by atoms with E-state index >= 15 is 0 Å². The van der Waals surface area contributed by atoms with Crippen LogP contribution in [0, 0.1) is 0 Å². The second kappa shape index (κ2) is 7.72. The topological polar surface area (TPSA) is 64.0 Å². The SMILES string of the molecule is C=CC(NC(=O)c1ccc2c3ccncc3c(=O)n(CC)c2c1)c1ccccc1. The molecule has 2 aromatic carbocycles. The first kappa shape index (κ1) is 18.6. The number of rotatable bonds is 5. The van der Waals surface area contributed by atoms with Crippen molar-refractivity contribution in [3.8, 4) is 0 Å². The highest BCUT2D eigenvalue weighted by atomic mass is 16.1. The van der Waals surface area contributed by atoms with E-state index in [2.05, 4.69) is 16.9 Å². The fourth-order valence-electron chi connectivity index (χ4n) is 3.66. The van der Waals surface area contributed by atoms with E-state index in [0.717, 1.165) is 21.9 Å². The van der Waals surface area contributed by atoms with Crippen LogP contribution >= 0.6 is 0 Å². The molecule has 4 rings (SSSR count). The van der Waals surface area contributed by atoms with Crippen LogP contribution < -0.4 is 10.9 Å². The number of benzene rings is 2. The van der Waals surface area contributed by atoms with Crippen LogP contribution in [0.3, 0.4) is 0 Å². The maximum Gasteiger partial charge on any atom is 0.260 e. The van der Waals surface area contributed by atoms with Crippen molar-refractivity contribution in [2.75, 3.05) is 0 Å². The van der Waals surface area contributed by atoms with Gasteiger partial charge in [-0.15, -0.1) is 6.58 Å². The minimum Gasteiger partial charge on any atom is -0.342 e. The van der Waals surface area contributed by atoms with Crippen LogP contribution in [0.4, 0.5) is 0 Å². The molecule has 0 aliphatic rings. The number of hydrogen-bond acceptors (Lipinski definition) is 3. The van der Waals surface area contributed by atoms with Gasteiger partial charge in [-0.25, -0.2) is 0 Å². The van der Waals surface area contributed by atoms with E-state index in [0.29, 0.717) is 17.5 Å². The molecule has 4 aromatic rings. The molecule has 0 saturated carbocycles. The van der Waals surface area contributed by atoms with E-state index in [1.54, 1.807) is 35.2 Å². The molecule has 0 radical (unpaired) electrons. The molecule has 29 heavy (non-hydrogen) atoms. The monoisotopic (exact) mass is 383 g/mol. The zero-order valence-corrected chi connectivity index (χ0v) is 16.1. The summed E-state index contributed by atoms with van der Waals surface area (Å²) in [4.78, 5) is 29.9. The number of hydrogen-bond donors (Lipinski definition) is 1. The first-order chi connectivity index (χ1) is 14.1. The molecule has 2 heterocycles. The van der Waals surface area contributed by atoms with Gasteiger partial charge in [0.2, 0.25) is 0 Å². The number of carbonyl (C=O) groups excluding carboxylic acids is 1. The second-order valence-electron chi connectivity index (χ2n) is 6.80. The number of carbonyl (C=O) groups is 1. The predicted molar refractivity (Wildman–Crippen MR) is 116 cm³/mol. The summed E-state index contributed by atoms with van der Waals surface area (Å²) in [5.41, 5.74) is 2.09. The first-order valence-corrected chi connectivity index (χ1v) is 9.52.